The van der Waals surface area contributed by atoms with Crippen LogP contribution in [0.15, 0.2) is 48.5 Å². The third-order valence-corrected chi connectivity index (χ3v) is 5.36. The van der Waals surface area contributed by atoms with Gasteiger partial charge in [0.25, 0.3) is 0 Å². The highest BCUT2D eigenvalue weighted by Crippen LogP contribution is 2.28. The van der Waals surface area contributed by atoms with Crippen molar-refractivity contribution in [3.8, 4) is 0 Å². The van der Waals surface area contributed by atoms with Crippen LogP contribution in [0.1, 0.15) is 24.4 Å². The standard InChI is InChI=1S/C22H24FN3O3/c23-19-8-2-1-7-18(19)21(25-11-13-29-14-12-25)22(28)24-16-5-3-6-17(15-16)26-10-4-9-20(26)27/h1-3,5-8,15,21H,4,9-14H2,(H,24,28). The topological polar surface area (TPSA) is 61.9 Å². The van der Waals surface area contributed by atoms with Gasteiger partial charge in [0.15, 0.2) is 0 Å². The zero-order valence-corrected chi connectivity index (χ0v) is 16.1. The fourth-order valence-electron chi connectivity index (χ4n) is 3.92. The SMILES string of the molecule is O=C(Nc1cccc(N2CCCC2=O)c1)C(c1ccccc1F)N1CCOCC1. The van der Waals surface area contributed by atoms with Gasteiger partial charge in [-0.15, -0.1) is 0 Å². The first-order valence-corrected chi connectivity index (χ1v) is 9.91. The van der Waals surface area contributed by atoms with E-state index in [1.165, 1.54) is 6.07 Å². The second-order valence-electron chi connectivity index (χ2n) is 7.26. The van der Waals surface area contributed by atoms with Gasteiger partial charge in [0, 0.05) is 43.0 Å². The summed E-state index contributed by atoms with van der Waals surface area (Å²) in [6.07, 6.45) is 1.38. The van der Waals surface area contributed by atoms with Gasteiger partial charge in [-0.1, -0.05) is 24.3 Å². The van der Waals surface area contributed by atoms with E-state index in [0.29, 0.717) is 50.5 Å². The van der Waals surface area contributed by atoms with Gasteiger partial charge in [-0.2, -0.15) is 0 Å². The molecule has 7 heteroatoms. The number of ether oxygens (including phenoxy) is 1. The maximum absolute atomic E-state index is 14.5. The molecule has 6 nitrogen and oxygen atoms in total. The van der Waals surface area contributed by atoms with E-state index >= 15 is 0 Å². The summed E-state index contributed by atoms with van der Waals surface area (Å²) in [5.41, 5.74) is 1.69. The second kappa shape index (κ2) is 8.71. The molecule has 0 aromatic heterocycles. The van der Waals surface area contributed by atoms with E-state index in [0.717, 1.165) is 12.1 Å². The summed E-state index contributed by atoms with van der Waals surface area (Å²) in [5, 5.41) is 2.92. The number of halogens is 1. The minimum Gasteiger partial charge on any atom is -0.379 e. The normalized spacial score (nSPS) is 18.7. The molecule has 152 valence electrons. The quantitative estimate of drug-likeness (QED) is 0.843. The molecule has 4 rings (SSSR count). The molecule has 1 atom stereocenters. The van der Waals surface area contributed by atoms with E-state index < -0.39 is 11.9 Å². The Balaban J connectivity index is 1.58. The lowest BCUT2D eigenvalue weighted by Crippen LogP contribution is -2.44. The number of hydrogen-bond acceptors (Lipinski definition) is 4. The lowest BCUT2D eigenvalue weighted by Gasteiger charge is -2.34. The van der Waals surface area contributed by atoms with Gasteiger partial charge in [-0.25, -0.2) is 4.39 Å². The molecule has 2 aromatic carbocycles. The molecule has 0 aliphatic carbocycles. The van der Waals surface area contributed by atoms with E-state index in [1.807, 2.05) is 17.0 Å². The highest BCUT2D eigenvalue weighted by Gasteiger charge is 2.31. The van der Waals surface area contributed by atoms with Gasteiger partial charge in [0.05, 0.1) is 13.2 Å². The second-order valence-corrected chi connectivity index (χ2v) is 7.26. The summed E-state index contributed by atoms with van der Waals surface area (Å²) in [6.45, 7) is 2.79. The molecule has 2 amide bonds. The van der Waals surface area contributed by atoms with Gasteiger partial charge in [-0.3, -0.25) is 14.5 Å². The Kier molecular flexibility index (Phi) is 5.87. The van der Waals surface area contributed by atoms with Crippen LogP contribution in [0.3, 0.4) is 0 Å². The van der Waals surface area contributed by atoms with Crippen molar-refractivity contribution in [1.29, 1.82) is 0 Å². The van der Waals surface area contributed by atoms with Crippen LogP contribution >= 0.6 is 0 Å². The summed E-state index contributed by atoms with van der Waals surface area (Å²) >= 11 is 0. The van der Waals surface area contributed by atoms with Crippen molar-refractivity contribution >= 4 is 23.2 Å². The maximum Gasteiger partial charge on any atom is 0.246 e. The number of hydrogen-bond donors (Lipinski definition) is 1. The van der Waals surface area contributed by atoms with Gasteiger partial charge in [0.1, 0.15) is 11.9 Å². The molecular weight excluding hydrogens is 373 g/mol. The number of carbonyl (C=O) groups is 2. The number of morpholine rings is 1. The first kappa shape index (κ1) is 19.5. The Morgan fingerprint density at radius 1 is 1.07 bits per heavy atom. The molecule has 2 saturated heterocycles. The highest BCUT2D eigenvalue weighted by atomic mass is 19.1. The van der Waals surface area contributed by atoms with Crippen molar-refractivity contribution in [1.82, 2.24) is 4.90 Å². The molecule has 29 heavy (non-hydrogen) atoms. The number of nitrogens with one attached hydrogen (secondary N) is 1. The molecule has 0 saturated carbocycles. The molecule has 0 bridgehead atoms. The van der Waals surface area contributed by atoms with Crippen molar-refractivity contribution < 1.29 is 18.7 Å². The van der Waals surface area contributed by atoms with Crippen molar-refractivity contribution in [2.75, 3.05) is 43.1 Å². The van der Waals surface area contributed by atoms with Gasteiger partial charge in [0.2, 0.25) is 11.8 Å². The summed E-state index contributed by atoms with van der Waals surface area (Å²) in [5.74, 6) is -0.622. The predicted molar refractivity (Wildman–Crippen MR) is 108 cm³/mol. The molecule has 2 heterocycles. The van der Waals surface area contributed by atoms with Gasteiger partial charge in [-0.05, 0) is 30.7 Å². The number of amides is 2. The number of carbonyl (C=O) groups excluding carboxylic acids is 2. The highest BCUT2D eigenvalue weighted by molar-refractivity contribution is 5.98. The van der Waals surface area contributed by atoms with Crippen molar-refractivity contribution in [2.45, 2.75) is 18.9 Å². The molecule has 0 spiro atoms. The van der Waals surface area contributed by atoms with Crippen LogP contribution in [-0.2, 0) is 14.3 Å². The summed E-state index contributed by atoms with van der Waals surface area (Å²) < 4.78 is 19.9. The lowest BCUT2D eigenvalue weighted by atomic mass is 10.0. The first-order chi connectivity index (χ1) is 14.1. The predicted octanol–water partition coefficient (Wildman–Crippen LogP) is 2.96. The van der Waals surface area contributed by atoms with Crippen LogP contribution in [0.4, 0.5) is 15.8 Å². The van der Waals surface area contributed by atoms with Crippen molar-refractivity contribution in [3.05, 3.63) is 59.9 Å². The lowest BCUT2D eigenvalue weighted by molar-refractivity contribution is -0.123. The van der Waals surface area contributed by atoms with Crippen molar-refractivity contribution in [3.63, 3.8) is 0 Å². The Bertz CT molecular complexity index is 898. The minimum atomic E-state index is -0.753. The first-order valence-electron chi connectivity index (χ1n) is 9.91. The monoisotopic (exact) mass is 397 g/mol. The summed E-state index contributed by atoms with van der Waals surface area (Å²) in [7, 11) is 0. The third-order valence-electron chi connectivity index (χ3n) is 5.36. The van der Waals surface area contributed by atoms with Gasteiger partial charge < -0.3 is 15.0 Å². The van der Waals surface area contributed by atoms with E-state index in [-0.39, 0.29) is 11.8 Å². The molecular formula is C22H24FN3O3. The van der Waals surface area contributed by atoms with Crippen LogP contribution in [0.2, 0.25) is 0 Å². The van der Waals surface area contributed by atoms with Crippen LogP contribution in [0.5, 0.6) is 0 Å². The van der Waals surface area contributed by atoms with E-state index in [2.05, 4.69) is 5.32 Å². The van der Waals surface area contributed by atoms with Crippen molar-refractivity contribution in [2.24, 2.45) is 0 Å². The van der Waals surface area contributed by atoms with Crippen LogP contribution in [0.25, 0.3) is 0 Å². The Hall–Kier alpha value is -2.77. The molecule has 2 aliphatic rings. The fourth-order valence-corrected chi connectivity index (χ4v) is 3.92. The summed E-state index contributed by atoms with van der Waals surface area (Å²) in [4.78, 5) is 28.9. The summed E-state index contributed by atoms with van der Waals surface area (Å²) in [6, 6.07) is 12.8. The van der Waals surface area contributed by atoms with Crippen LogP contribution < -0.4 is 10.2 Å². The molecule has 2 aliphatic heterocycles. The van der Waals surface area contributed by atoms with Crippen LogP contribution in [0, 0.1) is 5.82 Å². The molecule has 1 N–H and O–H groups in total. The average Bonchev–Trinajstić information content (AvgIpc) is 3.17. The molecule has 0 radical (unpaired) electrons. The Morgan fingerprint density at radius 2 is 1.86 bits per heavy atom. The number of rotatable bonds is 5. The number of benzene rings is 2. The van der Waals surface area contributed by atoms with E-state index in [4.69, 9.17) is 4.74 Å². The molecule has 2 fully saturated rings. The van der Waals surface area contributed by atoms with Crippen LogP contribution in [-0.4, -0.2) is 49.6 Å². The molecule has 1 unspecified atom stereocenters. The average molecular weight is 397 g/mol. The Morgan fingerprint density at radius 3 is 2.59 bits per heavy atom. The zero-order chi connectivity index (χ0) is 20.2. The Labute approximate surface area is 169 Å². The molecule has 2 aromatic rings. The fraction of sp³-hybridized carbons (Fsp3) is 0.364. The number of nitrogens with zero attached hydrogens (tertiary/aromatic N) is 2. The van der Waals surface area contributed by atoms with E-state index in [9.17, 15) is 14.0 Å². The zero-order valence-electron chi connectivity index (χ0n) is 16.1. The maximum atomic E-state index is 14.5. The third kappa shape index (κ3) is 4.31. The smallest absolute Gasteiger partial charge is 0.246 e. The number of anilines is 2. The minimum absolute atomic E-state index is 0.0889. The van der Waals surface area contributed by atoms with Gasteiger partial charge >= 0.3 is 0 Å². The largest absolute Gasteiger partial charge is 0.379 e. The van der Waals surface area contributed by atoms with E-state index in [1.54, 1.807) is 35.2 Å².